The molecule has 0 unspecified atom stereocenters. The first-order valence-electron chi connectivity index (χ1n) is 9.55. The van der Waals surface area contributed by atoms with Crippen LogP contribution in [0, 0.1) is 0 Å². The van der Waals surface area contributed by atoms with Crippen molar-refractivity contribution < 1.29 is 21.8 Å². The van der Waals surface area contributed by atoms with Crippen molar-refractivity contribution in [3.63, 3.8) is 0 Å². The Morgan fingerprint density at radius 1 is 0.679 bits per heavy atom. The number of amides is 1. The molecule has 3 rings (SSSR count). The monoisotopic (exact) mass is 455 g/mol. The smallest absolute Gasteiger partial charge is 0.261 e. The second-order valence-electron chi connectivity index (χ2n) is 6.54. The van der Waals surface area contributed by atoms with Crippen molar-refractivity contribution in [3.8, 4) is 0 Å². The molecule has 0 radical (unpaired) electrons. The molecule has 0 fully saturated rings. The van der Waals surface area contributed by atoms with E-state index in [1.165, 1.54) is 15.9 Å². The Kier molecular flexibility index (Phi) is 8.41. The number of nitrogens with zero attached hydrogens (tertiary/aromatic N) is 1. The Morgan fingerprint density at radius 2 is 1.00 bits per heavy atom. The van der Waals surface area contributed by atoms with Crippen molar-refractivity contribution in [1.82, 2.24) is 4.90 Å². The summed E-state index contributed by atoms with van der Waals surface area (Å²) in [5.41, 5.74) is 0. The van der Waals surface area contributed by atoms with E-state index < -0.39 is 7.26 Å². The maximum absolute atomic E-state index is 13.3. The van der Waals surface area contributed by atoms with Gasteiger partial charge in [-0.15, -0.1) is 0 Å². The van der Waals surface area contributed by atoms with Crippen molar-refractivity contribution in [1.29, 1.82) is 0 Å². The van der Waals surface area contributed by atoms with Crippen LogP contribution in [0.1, 0.15) is 13.8 Å². The molecule has 3 aromatic carbocycles. The third kappa shape index (κ3) is 4.54. The summed E-state index contributed by atoms with van der Waals surface area (Å²) in [5, 5.41) is 3.76. The lowest BCUT2D eigenvalue weighted by Gasteiger charge is -2.29. The number of hydrogen-bond acceptors (Lipinski definition) is 1. The Bertz CT molecular complexity index is 755. The zero-order chi connectivity index (χ0) is 19.1. The van der Waals surface area contributed by atoms with Crippen LogP contribution < -0.4 is 32.9 Å². The van der Waals surface area contributed by atoms with E-state index in [-0.39, 0.29) is 22.9 Å². The second kappa shape index (κ2) is 10.5. The summed E-state index contributed by atoms with van der Waals surface area (Å²) < 4.78 is 0. The maximum atomic E-state index is 13.3. The van der Waals surface area contributed by atoms with E-state index in [4.69, 9.17) is 0 Å². The van der Waals surface area contributed by atoms with Gasteiger partial charge < -0.3 is 21.9 Å². The van der Waals surface area contributed by atoms with Crippen LogP contribution in [0.25, 0.3) is 0 Å². The highest BCUT2D eigenvalue weighted by Crippen LogP contribution is 2.55. The minimum absolute atomic E-state index is 0. The predicted octanol–water partition coefficient (Wildman–Crippen LogP) is 0.853. The summed E-state index contributed by atoms with van der Waals surface area (Å²) in [6.45, 7) is 5.59. The van der Waals surface area contributed by atoms with Crippen LogP contribution in [0.15, 0.2) is 91.0 Å². The van der Waals surface area contributed by atoms with Gasteiger partial charge in [0.15, 0.2) is 6.16 Å². The van der Waals surface area contributed by atoms with Crippen LogP contribution in [-0.2, 0) is 4.79 Å². The fourth-order valence-corrected chi connectivity index (χ4v) is 7.74. The van der Waals surface area contributed by atoms with E-state index in [9.17, 15) is 4.79 Å². The number of benzene rings is 3. The number of halogens is 1. The maximum Gasteiger partial charge on any atom is 0.261 e. The van der Waals surface area contributed by atoms with Gasteiger partial charge in [0.05, 0.1) is 0 Å². The number of carbonyl (C=O) groups is 1. The normalized spacial score (nSPS) is 10.8. The highest BCUT2D eigenvalue weighted by Gasteiger charge is 2.47. The number of hydrogen-bond donors (Lipinski definition) is 0. The highest BCUT2D eigenvalue weighted by atomic mass is 79.9. The highest BCUT2D eigenvalue weighted by molar-refractivity contribution is 7.96. The van der Waals surface area contributed by atoms with E-state index >= 15 is 0 Å². The lowest BCUT2D eigenvalue weighted by atomic mass is 10.4. The molecule has 0 aliphatic carbocycles. The molecule has 0 aromatic heterocycles. The Hall–Kier alpha value is -1.96. The van der Waals surface area contributed by atoms with Crippen molar-refractivity contribution in [2.45, 2.75) is 13.8 Å². The van der Waals surface area contributed by atoms with E-state index in [1.54, 1.807) is 0 Å². The molecular formula is C24H27BrNOP. The van der Waals surface area contributed by atoms with Crippen molar-refractivity contribution in [2.24, 2.45) is 0 Å². The molecule has 0 saturated heterocycles. The van der Waals surface area contributed by atoms with Gasteiger partial charge in [-0.3, -0.25) is 4.79 Å². The molecule has 0 heterocycles. The van der Waals surface area contributed by atoms with Gasteiger partial charge in [-0.25, -0.2) is 0 Å². The molecular weight excluding hydrogens is 429 g/mol. The van der Waals surface area contributed by atoms with Crippen LogP contribution in [0.4, 0.5) is 0 Å². The number of carbonyl (C=O) groups excluding carboxylic acids is 1. The quantitative estimate of drug-likeness (QED) is 0.483. The molecule has 4 heteroatoms. The average Bonchev–Trinajstić information content (AvgIpc) is 2.75. The predicted molar refractivity (Wildman–Crippen MR) is 118 cm³/mol. The molecule has 0 spiro atoms. The average molecular weight is 456 g/mol. The van der Waals surface area contributed by atoms with Gasteiger partial charge in [0, 0.05) is 13.1 Å². The summed E-state index contributed by atoms with van der Waals surface area (Å²) in [6.07, 6.45) is 0.521. The van der Waals surface area contributed by atoms with Crippen LogP contribution >= 0.6 is 7.26 Å². The molecule has 0 N–H and O–H groups in total. The molecule has 0 aliphatic rings. The molecule has 0 bridgehead atoms. The van der Waals surface area contributed by atoms with Crippen LogP contribution in [-0.4, -0.2) is 30.1 Å². The van der Waals surface area contributed by atoms with Crippen LogP contribution in [0.2, 0.25) is 0 Å². The van der Waals surface area contributed by atoms with Crippen molar-refractivity contribution in [3.05, 3.63) is 91.0 Å². The SMILES string of the molecule is CCN(CC)C(=O)C[P+](c1ccccc1)(c1ccccc1)c1ccccc1.[Br-]. The first-order valence-corrected chi connectivity index (χ1v) is 11.5. The standard InChI is InChI=1S/C24H27NOP.BrH/c1-3-25(4-2)24(26)20-27(21-14-8-5-9-15-21,22-16-10-6-11-17-22)23-18-12-7-13-19-23;/h5-19H,3-4,20H2,1-2H3;1H/q+1;/p-1. The third-order valence-corrected chi connectivity index (χ3v) is 9.36. The Morgan fingerprint density at radius 3 is 1.29 bits per heavy atom. The fraction of sp³-hybridized carbons (Fsp3) is 0.208. The van der Waals surface area contributed by atoms with Gasteiger partial charge in [-0.05, 0) is 50.2 Å². The first kappa shape index (κ1) is 22.3. The molecule has 0 aliphatic heterocycles. The van der Waals surface area contributed by atoms with Crippen LogP contribution in [0.5, 0.6) is 0 Å². The number of rotatable bonds is 7. The second-order valence-corrected chi connectivity index (χ2v) is 10.0. The Labute approximate surface area is 179 Å². The summed E-state index contributed by atoms with van der Waals surface area (Å²) in [5.74, 6) is 0.227. The molecule has 3 aromatic rings. The summed E-state index contributed by atoms with van der Waals surface area (Å²) in [4.78, 5) is 15.2. The van der Waals surface area contributed by atoms with Crippen molar-refractivity contribution in [2.75, 3.05) is 19.3 Å². The Balaban J connectivity index is 0.00000280. The van der Waals surface area contributed by atoms with E-state index in [1.807, 2.05) is 23.1 Å². The molecule has 2 nitrogen and oxygen atoms in total. The minimum Gasteiger partial charge on any atom is -1.00 e. The summed E-state index contributed by atoms with van der Waals surface area (Å²) >= 11 is 0. The van der Waals surface area contributed by atoms with E-state index in [0.717, 1.165) is 13.1 Å². The molecule has 146 valence electrons. The lowest BCUT2D eigenvalue weighted by Crippen LogP contribution is -3.00. The third-order valence-electron chi connectivity index (χ3n) is 5.08. The zero-order valence-electron chi connectivity index (χ0n) is 16.5. The van der Waals surface area contributed by atoms with Gasteiger partial charge >= 0.3 is 0 Å². The van der Waals surface area contributed by atoms with Crippen molar-refractivity contribution >= 4 is 29.1 Å². The van der Waals surface area contributed by atoms with Gasteiger partial charge in [0.25, 0.3) is 5.91 Å². The summed E-state index contributed by atoms with van der Waals surface area (Å²) in [6, 6.07) is 31.7. The van der Waals surface area contributed by atoms with E-state index in [2.05, 4.69) is 86.6 Å². The van der Waals surface area contributed by atoms with E-state index in [0.29, 0.717) is 6.16 Å². The fourth-order valence-electron chi connectivity index (χ4n) is 3.65. The van der Waals surface area contributed by atoms with Gasteiger partial charge in [0.1, 0.15) is 23.2 Å². The van der Waals surface area contributed by atoms with Gasteiger partial charge in [0.2, 0.25) is 0 Å². The van der Waals surface area contributed by atoms with Crippen LogP contribution in [0.3, 0.4) is 0 Å². The molecule has 0 atom stereocenters. The van der Waals surface area contributed by atoms with Gasteiger partial charge in [-0.1, -0.05) is 54.6 Å². The zero-order valence-corrected chi connectivity index (χ0v) is 18.9. The molecule has 0 saturated carbocycles. The lowest BCUT2D eigenvalue weighted by molar-refractivity contribution is -0.128. The topological polar surface area (TPSA) is 20.3 Å². The molecule has 1 amide bonds. The minimum atomic E-state index is -2.08. The molecule has 28 heavy (non-hydrogen) atoms. The largest absolute Gasteiger partial charge is 1.00 e. The van der Waals surface area contributed by atoms with Gasteiger partial charge in [-0.2, -0.15) is 0 Å². The first-order chi connectivity index (χ1) is 13.2. The summed E-state index contributed by atoms with van der Waals surface area (Å²) in [7, 11) is -2.08.